The summed E-state index contributed by atoms with van der Waals surface area (Å²) in [7, 11) is 0. The van der Waals surface area contributed by atoms with Gasteiger partial charge in [-0.3, -0.25) is 4.79 Å². The molecule has 5 rings (SSSR count). The molecule has 166 valence electrons. The number of benzene rings is 5. The van der Waals surface area contributed by atoms with Gasteiger partial charge >= 0.3 is 5.97 Å². The van der Waals surface area contributed by atoms with Gasteiger partial charge in [-0.25, -0.2) is 4.79 Å². The first-order valence-corrected chi connectivity index (χ1v) is 11.2. The zero-order valence-electron chi connectivity index (χ0n) is 18.5. The maximum atomic E-state index is 13.2. The molecule has 34 heavy (non-hydrogen) atoms. The highest BCUT2D eigenvalue weighted by Gasteiger charge is 2.20. The normalized spacial score (nSPS) is 11.0. The molecule has 0 saturated carbocycles. The van der Waals surface area contributed by atoms with Gasteiger partial charge in [-0.2, -0.15) is 0 Å². The van der Waals surface area contributed by atoms with Gasteiger partial charge in [0.1, 0.15) is 0 Å². The molecule has 0 aromatic heterocycles. The van der Waals surface area contributed by atoms with Crippen LogP contribution in [-0.2, 0) is 9.53 Å². The molecule has 0 aliphatic rings. The Morgan fingerprint density at radius 2 is 1.12 bits per heavy atom. The van der Waals surface area contributed by atoms with Crippen molar-refractivity contribution in [2.24, 2.45) is 0 Å². The van der Waals surface area contributed by atoms with Crippen LogP contribution in [0.5, 0.6) is 0 Å². The highest BCUT2D eigenvalue weighted by Crippen LogP contribution is 2.29. The van der Waals surface area contributed by atoms with Crippen molar-refractivity contribution in [2.45, 2.75) is 6.04 Å². The Labute approximate surface area is 197 Å². The van der Waals surface area contributed by atoms with Crippen molar-refractivity contribution in [1.82, 2.24) is 5.32 Å². The molecule has 4 nitrogen and oxygen atoms in total. The van der Waals surface area contributed by atoms with E-state index in [0.29, 0.717) is 5.56 Å². The maximum absolute atomic E-state index is 13.2. The van der Waals surface area contributed by atoms with E-state index in [1.807, 2.05) is 109 Å². The number of carbonyl (C=O) groups excluding carboxylic acids is 2. The zero-order chi connectivity index (χ0) is 23.3. The molecule has 0 spiro atoms. The first kappa shape index (κ1) is 21.4. The van der Waals surface area contributed by atoms with Gasteiger partial charge in [0.25, 0.3) is 5.91 Å². The Balaban J connectivity index is 1.38. The number of carbonyl (C=O) groups is 2. The van der Waals surface area contributed by atoms with Crippen molar-refractivity contribution >= 4 is 33.4 Å². The number of rotatable bonds is 6. The van der Waals surface area contributed by atoms with Crippen LogP contribution >= 0.6 is 0 Å². The largest absolute Gasteiger partial charge is 0.452 e. The second-order valence-corrected chi connectivity index (χ2v) is 8.09. The van der Waals surface area contributed by atoms with Crippen molar-refractivity contribution in [3.8, 4) is 0 Å². The van der Waals surface area contributed by atoms with Crippen LogP contribution in [-0.4, -0.2) is 18.5 Å². The summed E-state index contributed by atoms with van der Waals surface area (Å²) in [5, 5.41) is 6.52. The van der Waals surface area contributed by atoms with Gasteiger partial charge in [0.2, 0.25) is 0 Å². The topological polar surface area (TPSA) is 55.4 Å². The standard InChI is InChI=1S/C30H23NO3/c32-27(31-29(21-11-3-1-4-12-21)22-13-5-2-6-14-22)20-34-30(33)28-25-17-9-7-15-23(25)19-24-16-8-10-18-26(24)28/h1-19,29H,20H2,(H,31,32). The fourth-order valence-corrected chi connectivity index (χ4v) is 4.29. The van der Waals surface area contributed by atoms with Gasteiger partial charge in [0.15, 0.2) is 6.61 Å². The molecular formula is C30H23NO3. The lowest BCUT2D eigenvalue weighted by Gasteiger charge is -2.20. The molecule has 5 aromatic carbocycles. The van der Waals surface area contributed by atoms with Crippen LogP contribution in [0, 0.1) is 0 Å². The Morgan fingerprint density at radius 3 is 1.65 bits per heavy atom. The Morgan fingerprint density at radius 1 is 0.647 bits per heavy atom. The van der Waals surface area contributed by atoms with Crippen LogP contribution in [0.1, 0.15) is 27.5 Å². The van der Waals surface area contributed by atoms with Gasteiger partial charge in [0.05, 0.1) is 11.6 Å². The van der Waals surface area contributed by atoms with E-state index in [2.05, 4.69) is 11.4 Å². The molecular weight excluding hydrogens is 422 g/mol. The predicted molar refractivity (Wildman–Crippen MR) is 135 cm³/mol. The smallest absolute Gasteiger partial charge is 0.339 e. The minimum Gasteiger partial charge on any atom is -0.452 e. The summed E-state index contributed by atoms with van der Waals surface area (Å²) in [6, 6.07) is 36.6. The highest BCUT2D eigenvalue weighted by atomic mass is 16.5. The second kappa shape index (κ2) is 9.59. The minimum absolute atomic E-state index is 0.341. The molecule has 0 aliphatic heterocycles. The molecule has 0 fully saturated rings. The van der Waals surface area contributed by atoms with Crippen molar-refractivity contribution < 1.29 is 14.3 Å². The number of hydrogen-bond acceptors (Lipinski definition) is 3. The third kappa shape index (κ3) is 4.39. The Hall–Kier alpha value is -4.44. The molecule has 0 heterocycles. The summed E-state index contributed by atoms with van der Waals surface area (Å²) < 4.78 is 5.53. The molecule has 0 atom stereocenters. The van der Waals surface area contributed by atoms with E-state index in [4.69, 9.17) is 4.74 Å². The quantitative estimate of drug-likeness (QED) is 0.255. The number of nitrogens with one attached hydrogen (secondary N) is 1. The molecule has 1 N–H and O–H groups in total. The van der Waals surface area contributed by atoms with E-state index in [9.17, 15) is 9.59 Å². The summed E-state index contributed by atoms with van der Waals surface area (Å²) in [4.78, 5) is 26.1. The summed E-state index contributed by atoms with van der Waals surface area (Å²) in [6.07, 6.45) is 0. The zero-order valence-corrected chi connectivity index (χ0v) is 18.5. The monoisotopic (exact) mass is 445 g/mol. The molecule has 0 bridgehead atoms. The van der Waals surface area contributed by atoms with Gasteiger partial charge in [-0.15, -0.1) is 0 Å². The third-order valence-electron chi connectivity index (χ3n) is 5.88. The fourth-order valence-electron chi connectivity index (χ4n) is 4.29. The third-order valence-corrected chi connectivity index (χ3v) is 5.88. The maximum Gasteiger partial charge on any atom is 0.339 e. The molecule has 0 aliphatic carbocycles. The predicted octanol–water partition coefficient (Wildman–Crippen LogP) is 6.06. The number of amides is 1. The molecule has 4 heteroatoms. The lowest BCUT2D eigenvalue weighted by molar-refractivity contribution is -0.124. The Bertz CT molecular complexity index is 1370. The highest BCUT2D eigenvalue weighted by molar-refractivity contribution is 6.16. The SMILES string of the molecule is O=C(COC(=O)c1c2ccccc2cc2ccccc12)NC(c1ccccc1)c1ccccc1. The van der Waals surface area contributed by atoms with E-state index in [0.717, 1.165) is 32.7 Å². The van der Waals surface area contributed by atoms with Crippen LogP contribution in [0.3, 0.4) is 0 Å². The van der Waals surface area contributed by atoms with Crippen LogP contribution in [0.2, 0.25) is 0 Å². The van der Waals surface area contributed by atoms with Crippen LogP contribution in [0.4, 0.5) is 0 Å². The minimum atomic E-state index is -0.515. The van der Waals surface area contributed by atoms with Gasteiger partial charge in [0, 0.05) is 0 Å². The summed E-state index contributed by atoms with van der Waals surface area (Å²) in [5.74, 6) is -0.880. The first-order valence-electron chi connectivity index (χ1n) is 11.2. The molecule has 0 unspecified atom stereocenters. The number of fused-ring (bicyclic) bond motifs is 2. The molecule has 0 saturated heterocycles. The summed E-state index contributed by atoms with van der Waals surface area (Å²) >= 11 is 0. The van der Waals surface area contributed by atoms with E-state index >= 15 is 0 Å². The van der Waals surface area contributed by atoms with Gasteiger partial charge in [-0.1, -0.05) is 109 Å². The fraction of sp³-hybridized carbons (Fsp3) is 0.0667. The average Bonchev–Trinajstić information content (AvgIpc) is 2.90. The van der Waals surface area contributed by atoms with Crippen molar-refractivity contribution in [3.63, 3.8) is 0 Å². The lowest BCUT2D eigenvalue weighted by Crippen LogP contribution is -2.33. The van der Waals surface area contributed by atoms with Crippen molar-refractivity contribution in [2.75, 3.05) is 6.61 Å². The number of esters is 1. The van der Waals surface area contributed by atoms with E-state index < -0.39 is 5.97 Å². The Kier molecular flexibility index (Phi) is 6.04. The molecule has 5 aromatic rings. The number of ether oxygens (including phenoxy) is 1. The van der Waals surface area contributed by atoms with E-state index in [-0.39, 0.29) is 18.6 Å². The average molecular weight is 446 g/mol. The molecule has 1 amide bonds. The van der Waals surface area contributed by atoms with E-state index in [1.54, 1.807) is 0 Å². The second-order valence-electron chi connectivity index (χ2n) is 8.09. The lowest BCUT2D eigenvalue weighted by atomic mass is 9.97. The summed E-state index contributed by atoms with van der Waals surface area (Å²) in [6.45, 7) is -0.369. The van der Waals surface area contributed by atoms with Gasteiger partial charge in [-0.05, 0) is 38.7 Å². The molecule has 0 radical (unpaired) electrons. The van der Waals surface area contributed by atoms with Crippen molar-refractivity contribution in [3.05, 3.63) is 132 Å². The van der Waals surface area contributed by atoms with Crippen LogP contribution in [0.15, 0.2) is 115 Å². The number of hydrogen-bond donors (Lipinski definition) is 1. The summed E-state index contributed by atoms with van der Waals surface area (Å²) in [5.41, 5.74) is 2.38. The van der Waals surface area contributed by atoms with Crippen LogP contribution < -0.4 is 5.32 Å². The van der Waals surface area contributed by atoms with E-state index in [1.165, 1.54) is 0 Å². The van der Waals surface area contributed by atoms with Gasteiger partial charge < -0.3 is 10.1 Å². The van der Waals surface area contributed by atoms with Crippen LogP contribution in [0.25, 0.3) is 21.5 Å². The first-order chi connectivity index (χ1) is 16.7. The van der Waals surface area contributed by atoms with Crippen molar-refractivity contribution in [1.29, 1.82) is 0 Å².